The second-order valence-corrected chi connectivity index (χ2v) is 3.06. The van der Waals surface area contributed by atoms with Gasteiger partial charge in [0.25, 0.3) is 0 Å². The van der Waals surface area contributed by atoms with Crippen molar-refractivity contribution in [1.82, 2.24) is 5.06 Å². The molecule has 76 valence electrons. The fraction of sp³-hybridized carbons (Fsp3) is 0.0909. The molecule has 0 fully saturated rings. The van der Waals surface area contributed by atoms with Crippen LogP contribution in [0.15, 0.2) is 41.7 Å². The van der Waals surface area contributed by atoms with Gasteiger partial charge in [-0.3, -0.25) is 4.99 Å². The number of fused-ring (bicyclic) bond motifs is 1. The Morgan fingerprint density at radius 2 is 2.20 bits per heavy atom. The second kappa shape index (κ2) is 3.96. The van der Waals surface area contributed by atoms with Crippen LogP contribution in [0, 0.1) is 0 Å². The molecule has 0 aromatic heterocycles. The number of hydrogen-bond acceptors (Lipinski definition) is 4. The molecule has 0 unspecified atom stereocenters. The van der Waals surface area contributed by atoms with Gasteiger partial charge in [-0.05, 0) is 6.07 Å². The fourth-order valence-corrected chi connectivity index (χ4v) is 1.28. The monoisotopic (exact) mass is 202 g/mol. The standard InChI is InChI=1S/C11H10N2O2/c1-9(14)15-13-7-6-12-11-5-3-2-4-10(11)8-13/h2-8H,1H3. The van der Waals surface area contributed by atoms with Crippen LogP contribution in [0.3, 0.4) is 0 Å². The molecule has 0 N–H and O–H groups in total. The molecule has 15 heavy (non-hydrogen) atoms. The van der Waals surface area contributed by atoms with E-state index in [1.54, 1.807) is 18.6 Å². The van der Waals surface area contributed by atoms with Gasteiger partial charge in [-0.15, -0.1) is 0 Å². The molecule has 4 nitrogen and oxygen atoms in total. The van der Waals surface area contributed by atoms with Crippen molar-refractivity contribution in [3.63, 3.8) is 0 Å². The topological polar surface area (TPSA) is 41.9 Å². The Labute approximate surface area is 86.8 Å². The Bertz CT molecular complexity index is 520. The highest BCUT2D eigenvalue weighted by atomic mass is 16.7. The van der Waals surface area contributed by atoms with Crippen molar-refractivity contribution in [3.8, 4) is 0 Å². The lowest BCUT2D eigenvalue weighted by atomic mass is 10.3. The number of benzene rings is 1. The number of nitrogens with zero attached hydrogens (tertiary/aromatic N) is 2. The van der Waals surface area contributed by atoms with E-state index in [1.807, 2.05) is 24.3 Å². The summed E-state index contributed by atoms with van der Waals surface area (Å²) in [7, 11) is 0. The van der Waals surface area contributed by atoms with E-state index in [9.17, 15) is 4.79 Å². The summed E-state index contributed by atoms with van der Waals surface area (Å²) in [4.78, 5) is 19.9. The van der Waals surface area contributed by atoms with Gasteiger partial charge in [0, 0.05) is 18.3 Å². The van der Waals surface area contributed by atoms with Crippen LogP contribution in [0.1, 0.15) is 6.92 Å². The summed E-state index contributed by atoms with van der Waals surface area (Å²) in [6.45, 7) is 1.36. The van der Waals surface area contributed by atoms with Gasteiger partial charge in [-0.2, -0.15) is 5.06 Å². The summed E-state index contributed by atoms with van der Waals surface area (Å²) in [5.74, 6) is -0.365. The van der Waals surface area contributed by atoms with Gasteiger partial charge in [0.2, 0.25) is 0 Å². The van der Waals surface area contributed by atoms with Crippen molar-refractivity contribution in [3.05, 3.63) is 47.2 Å². The minimum Gasteiger partial charge on any atom is -0.337 e. The minimum atomic E-state index is -0.365. The van der Waals surface area contributed by atoms with E-state index in [-0.39, 0.29) is 5.97 Å². The Kier molecular flexibility index (Phi) is 2.49. The molecule has 0 radical (unpaired) electrons. The van der Waals surface area contributed by atoms with Gasteiger partial charge in [-0.1, -0.05) is 18.2 Å². The third-order valence-corrected chi connectivity index (χ3v) is 1.86. The Morgan fingerprint density at radius 3 is 3.00 bits per heavy atom. The van der Waals surface area contributed by atoms with Gasteiger partial charge in [-0.25, -0.2) is 4.79 Å². The lowest BCUT2D eigenvalue weighted by molar-refractivity contribution is -0.163. The second-order valence-electron chi connectivity index (χ2n) is 3.06. The number of hydrogen-bond donors (Lipinski definition) is 0. The SMILES string of the molecule is CC(=O)ON1C=CN=c2ccccc2=C1. The lowest BCUT2D eigenvalue weighted by Crippen LogP contribution is -2.26. The van der Waals surface area contributed by atoms with Gasteiger partial charge >= 0.3 is 5.97 Å². The van der Waals surface area contributed by atoms with Crippen LogP contribution in [0.4, 0.5) is 0 Å². The van der Waals surface area contributed by atoms with Crippen molar-refractivity contribution >= 4 is 12.2 Å². The molecule has 0 amide bonds. The number of carbonyl (C=O) groups excluding carboxylic acids is 1. The third-order valence-electron chi connectivity index (χ3n) is 1.86. The first-order valence-electron chi connectivity index (χ1n) is 4.54. The van der Waals surface area contributed by atoms with Crippen molar-refractivity contribution in [2.24, 2.45) is 4.99 Å². The molecule has 4 heteroatoms. The number of para-hydroxylation sites is 1. The molecule has 0 aliphatic carbocycles. The summed E-state index contributed by atoms with van der Waals surface area (Å²) < 4.78 is 0. The maximum absolute atomic E-state index is 10.8. The molecule has 0 bridgehead atoms. The zero-order valence-electron chi connectivity index (χ0n) is 8.25. The van der Waals surface area contributed by atoms with Crippen LogP contribution in [0.5, 0.6) is 0 Å². The van der Waals surface area contributed by atoms with Gasteiger partial charge in [0.15, 0.2) is 0 Å². The molecule has 1 heterocycles. The molecule has 2 rings (SSSR count). The molecule has 1 aromatic rings. The van der Waals surface area contributed by atoms with Gasteiger partial charge < -0.3 is 4.84 Å². The molecule has 0 saturated carbocycles. The quantitative estimate of drug-likeness (QED) is 0.658. The number of hydroxylamine groups is 2. The smallest absolute Gasteiger partial charge is 0.329 e. The zero-order valence-corrected chi connectivity index (χ0v) is 8.25. The summed E-state index contributed by atoms with van der Waals surface area (Å²) in [5, 5.41) is 3.10. The van der Waals surface area contributed by atoms with Crippen molar-refractivity contribution in [1.29, 1.82) is 0 Å². The van der Waals surface area contributed by atoms with E-state index in [0.29, 0.717) is 0 Å². The molecule has 1 aliphatic heterocycles. The molecular formula is C11H10N2O2. The summed E-state index contributed by atoms with van der Waals surface area (Å²) >= 11 is 0. The van der Waals surface area contributed by atoms with Gasteiger partial charge in [0.05, 0.1) is 17.8 Å². The van der Waals surface area contributed by atoms with E-state index in [0.717, 1.165) is 10.6 Å². The highest BCUT2D eigenvalue weighted by Crippen LogP contribution is 1.95. The Morgan fingerprint density at radius 1 is 1.40 bits per heavy atom. The van der Waals surface area contributed by atoms with E-state index >= 15 is 0 Å². The average molecular weight is 202 g/mol. The molecule has 0 atom stereocenters. The highest BCUT2D eigenvalue weighted by molar-refractivity contribution is 5.66. The molecule has 0 saturated heterocycles. The summed E-state index contributed by atoms with van der Waals surface area (Å²) in [5.41, 5.74) is 0. The first-order valence-corrected chi connectivity index (χ1v) is 4.54. The number of carbonyl (C=O) groups is 1. The molecule has 1 aliphatic rings. The summed E-state index contributed by atoms with van der Waals surface area (Å²) in [6, 6.07) is 7.61. The van der Waals surface area contributed by atoms with Crippen molar-refractivity contribution in [2.75, 3.05) is 0 Å². The first-order chi connectivity index (χ1) is 7.25. The van der Waals surface area contributed by atoms with Crippen LogP contribution in [-0.4, -0.2) is 11.0 Å². The fourth-order valence-electron chi connectivity index (χ4n) is 1.28. The minimum absolute atomic E-state index is 0.365. The molecule has 1 aromatic carbocycles. The van der Waals surface area contributed by atoms with E-state index < -0.39 is 0 Å². The highest BCUT2D eigenvalue weighted by Gasteiger charge is 2.01. The Balaban J connectivity index is 2.43. The predicted octanol–water partition coefficient (Wildman–Crippen LogP) is 0.309. The van der Waals surface area contributed by atoms with Crippen LogP contribution in [-0.2, 0) is 9.63 Å². The van der Waals surface area contributed by atoms with Crippen LogP contribution in [0.2, 0.25) is 0 Å². The van der Waals surface area contributed by atoms with Gasteiger partial charge in [0.1, 0.15) is 0 Å². The zero-order chi connectivity index (χ0) is 10.7. The van der Waals surface area contributed by atoms with E-state index in [1.165, 1.54) is 12.0 Å². The van der Waals surface area contributed by atoms with Crippen molar-refractivity contribution < 1.29 is 9.63 Å². The first kappa shape index (κ1) is 9.45. The number of rotatable bonds is 1. The average Bonchev–Trinajstić information content (AvgIpc) is 2.38. The largest absolute Gasteiger partial charge is 0.337 e. The predicted molar refractivity (Wildman–Crippen MR) is 54.4 cm³/mol. The van der Waals surface area contributed by atoms with Crippen molar-refractivity contribution in [2.45, 2.75) is 6.92 Å². The van der Waals surface area contributed by atoms with E-state index in [2.05, 4.69) is 4.99 Å². The van der Waals surface area contributed by atoms with Crippen LogP contribution >= 0.6 is 0 Å². The molecule has 0 spiro atoms. The lowest BCUT2D eigenvalue weighted by Gasteiger charge is -2.11. The van der Waals surface area contributed by atoms with E-state index in [4.69, 9.17) is 4.84 Å². The summed E-state index contributed by atoms with van der Waals surface area (Å²) in [6.07, 6.45) is 4.89. The Hall–Kier alpha value is -2.10. The molecular weight excluding hydrogens is 192 g/mol. The van der Waals surface area contributed by atoms with Crippen LogP contribution in [0.25, 0.3) is 6.20 Å². The maximum Gasteiger partial charge on any atom is 0.329 e. The maximum atomic E-state index is 10.8. The normalized spacial score (nSPS) is 13.3. The third kappa shape index (κ3) is 2.22. The van der Waals surface area contributed by atoms with Crippen LogP contribution < -0.4 is 10.6 Å².